The Labute approximate surface area is 135 Å². The van der Waals surface area contributed by atoms with Crippen molar-refractivity contribution in [2.75, 3.05) is 33.5 Å². The highest BCUT2D eigenvalue weighted by molar-refractivity contribution is 7.88. The number of ether oxygens (including phenoxy) is 1. The molecule has 0 rings (SSSR count). The molecule has 0 fully saturated rings. The topological polar surface area (TPSA) is 91.8 Å². The molecule has 3 N–H and O–H groups in total. The summed E-state index contributed by atoms with van der Waals surface area (Å²) < 4.78 is 30.7. The third-order valence-corrected chi connectivity index (χ3v) is 4.01. The lowest BCUT2D eigenvalue weighted by Gasteiger charge is -2.31. The van der Waals surface area contributed by atoms with Crippen LogP contribution in [-0.4, -0.2) is 59.5 Å². The van der Waals surface area contributed by atoms with Crippen LogP contribution in [0.5, 0.6) is 0 Å². The third-order valence-electron chi connectivity index (χ3n) is 3.09. The number of aliphatic imine (C=N–C) groups is 1. The Morgan fingerprint density at radius 3 is 2.09 bits per heavy atom. The third kappa shape index (κ3) is 9.22. The highest BCUT2D eigenvalue weighted by Gasteiger charge is 2.25. The molecule has 1 unspecified atom stereocenters. The van der Waals surface area contributed by atoms with Crippen molar-refractivity contribution in [2.45, 2.75) is 46.3 Å². The largest absolute Gasteiger partial charge is 0.379 e. The number of nitrogens with one attached hydrogen (secondary N) is 3. The van der Waals surface area contributed by atoms with Crippen LogP contribution < -0.4 is 15.4 Å². The summed E-state index contributed by atoms with van der Waals surface area (Å²) in [4.78, 5) is 4.14. The lowest BCUT2D eigenvalue weighted by Crippen LogP contribution is -2.54. The maximum absolute atomic E-state index is 11.3. The van der Waals surface area contributed by atoms with E-state index in [1.54, 1.807) is 28.0 Å². The van der Waals surface area contributed by atoms with Crippen LogP contribution in [0.15, 0.2) is 4.99 Å². The fourth-order valence-electron chi connectivity index (χ4n) is 2.00. The van der Waals surface area contributed by atoms with Gasteiger partial charge in [0.05, 0.1) is 12.4 Å². The predicted molar refractivity (Wildman–Crippen MR) is 91.7 cm³/mol. The summed E-state index contributed by atoms with van der Waals surface area (Å²) in [6, 6.07) is 0. The van der Waals surface area contributed by atoms with Gasteiger partial charge in [0.15, 0.2) is 5.96 Å². The van der Waals surface area contributed by atoms with Gasteiger partial charge in [-0.2, -0.15) is 0 Å². The Balaban J connectivity index is 4.52. The standard InChI is InChI=1S/C14H32N4O3S/c1-13(2,3)11(21-7)9-16-12(15-6)17-10-14(4,5)18-22(8,19)20/h11,18H,9-10H2,1-8H3,(H2,15,16,17). The molecule has 0 saturated carbocycles. The van der Waals surface area contributed by atoms with E-state index in [2.05, 4.69) is 41.1 Å². The average Bonchev–Trinajstić information content (AvgIpc) is 2.28. The van der Waals surface area contributed by atoms with E-state index >= 15 is 0 Å². The summed E-state index contributed by atoms with van der Waals surface area (Å²) in [5.74, 6) is 0.606. The van der Waals surface area contributed by atoms with E-state index in [-0.39, 0.29) is 11.5 Å². The normalized spacial score (nSPS) is 15.5. The van der Waals surface area contributed by atoms with Gasteiger partial charge in [-0.1, -0.05) is 20.8 Å². The Kier molecular flexibility index (Phi) is 7.80. The van der Waals surface area contributed by atoms with E-state index in [4.69, 9.17) is 4.74 Å². The zero-order valence-corrected chi connectivity index (χ0v) is 15.9. The molecule has 0 heterocycles. The number of guanidine groups is 1. The molecule has 0 amide bonds. The molecule has 8 heteroatoms. The van der Waals surface area contributed by atoms with Gasteiger partial charge in [-0.3, -0.25) is 4.99 Å². The summed E-state index contributed by atoms with van der Waals surface area (Å²) >= 11 is 0. The van der Waals surface area contributed by atoms with Crippen molar-refractivity contribution in [1.29, 1.82) is 0 Å². The molecule has 7 nitrogen and oxygen atoms in total. The number of methoxy groups -OCH3 is 1. The Morgan fingerprint density at radius 1 is 1.18 bits per heavy atom. The van der Waals surface area contributed by atoms with E-state index in [0.29, 0.717) is 19.0 Å². The minimum Gasteiger partial charge on any atom is -0.379 e. The Morgan fingerprint density at radius 2 is 1.73 bits per heavy atom. The quantitative estimate of drug-likeness (QED) is 0.466. The maximum Gasteiger partial charge on any atom is 0.209 e. The van der Waals surface area contributed by atoms with E-state index in [1.807, 2.05) is 0 Å². The molecule has 0 saturated heterocycles. The zero-order chi connectivity index (χ0) is 17.6. The fourth-order valence-corrected chi connectivity index (χ4v) is 3.07. The van der Waals surface area contributed by atoms with Crippen molar-refractivity contribution in [3.63, 3.8) is 0 Å². The molecule has 0 bridgehead atoms. The minimum absolute atomic E-state index is 0.0116. The molecule has 0 spiro atoms. The molecule has 0 radical (unpaired) electrons. The molecule has 0 aliphatic carbocycles. The Bertz CT molecular complexity index is 467. The Hall–Kier alpha value is -0.860. The molecular weight excluding hydrogens is 304 g/mol. The van der Waals surface area contributed by atoms with Gasteiger partial charge in [0.25, 0.3) is 0 Å². The zero-order valence-electron chi connectivity index (χ0n) is 15.1. The minimum atomic E-state index is -3.26. The first kappa shape index (κ1) is 21.1. The van der Waals surface area contributed by atoms with Crippen molar-refractivity contribution in [2.24, 2.45) is 10.4 Å². The summed E-state index contributed by atoms with van der Waals surface area (Å²) in [6.45, 7) is 11.0. The molecule has 0 aliphatic heterocycles. The summed E-state index contributed by atoms with van der Waals surface area (Å²) in [5.41, 5.74) is -0.604. The molecule has 0 aromatic rings. The van der Waals surface area contributed by atoms with Crippen molar-refractivity contribution in [1.82, 2.24) is 15.4 Å². The van der Waals surface area contributed by atoms with Crippen LogP contribution >= 0.6 is 0 Å². The first-order valence-corrected chi connectivity index (χ1v) is 9.16. The first-order chi connectivity index (χ1) is 9.80. The van der Waals surface area contributed by atoms with Gasteiger partial charge in [0.1, 0.15) is 0 Å². The average molecular weight is 337 g/mol. The molecule has 132 valence electrons. The van der Waals surface area contributed by atoms with Gasteiger partial charge in [0, 0.05) is 32.8 Å². The summed E-state index contributed by atoms with van der Waals surface area (Å²) in [6.07, 6.45) is 1.18. The molecular formula is C14H32N4O3S. The smallest absolute Gasteiger partial charge is 0.209 e. The molecule has 1 atom stereocenters. The summed E-state index contributed by atoms with van der Waals surface area (Å²) in [7, 11) is 0.104. The molecule has 0 aromatic heterocycles. The fraction of sp³-hybridized carbons (Fsp3) is 0.929. The highest BCUT2D eigenvalue weighted by Crippen LogP contribution is 2.20. The number of hydrogen-bond donors (Lipinski definition) is 3. The van der Waals surface area contributed by atoms with Gasteiger partial charge in [-0.25, -0.2) is 13.1 Å². The number of rotatable bonds is 7. The van der Waals surface area contributed by atoms with Gasteiger partial charge in [-0.05, 0) is 19.3 Å². The summed E-state index contributed by atoms with van der Waals surface area (Å²) in [5, 5.41) is 6.32. The van der Waals surface area contributed by atoms with Gasteiger partial charge in [0.2, 0.25) is 10.0 Å². The lowest BCUT2D eigenvalue weighted by atomic mass is 9.89. The van der Waals surface area contributed by atoms with Crippen molar-refractivity contribution >= 4 is 16.0 Å². The van der Waals surface area contributed by atoms with E-state index in [1.165, 1.54) is 0 Å². The molecule has 0 aliphatic rings. The second-order valence-corrected chi connectivity index (χ2v) is 8.90. The number of hydrogen-bond acceptors (Lipinski definition) is 4. The second-order valence-electron chi connectivity index (χ2n) is 7.16. The van der Waals surface area contributed by atoms with Crippen molar-refractivity contribution in [3.8, 4) is 0 Å². The van der Waals surface area contributed by atoms with Crippen LogP contribution in [-0.2, 0) is 14.8 Å². The van der Waals surface area contributed by atoms with Crippen LogP contribution in [0.25, 0.3) is 0 Å². The molecule has 22 heavy (non-hydrogen) atoms. The SMILES string of the molecule is CN=C(NCC(OC)C(C)(C)C)NCC(C)(C)NS(C)(=O)=O. The first-order valence-electron chi connectivity index (χ1n) is 7.27. The lowest BCUT2D eigenvalue weighted by molar-refractivity contribution is 0.0205. The number of nitrogens with zero attached hydrogens (tertiary/aromatic N) is 1. The van der Waals surface area contributed by atoms with Gasteiger partial charge in [-0.15, -0.1) is 0 Å². The van der Waals surface area contributed by atoms with Gasteiger partial charge < -0.3 is 15.4 Å². The van der Waals surface area contributed by atoms with Gasteiger partial charge >= 0.3 is 0 Å². The van der Waals surface area contributed by atoms with Crippen LogP contribution in [0.4, 0.5) is 0 Å². The van der Waals surface area contributed by atoms with E-state index in [9.17, 15) is 8.42 Å². The number of sulfonamides is 1. The second kappa shape index (κ2) is 8.12. The van der Waals surface area contributed by atoms with Crippen LogP contribution in [0.1, 0.15) is 34.6 Å². The van der Waals surface area contributed by atoms with E-state index < -0.39 is 15.6 Å². The molecule has 0 aromatic carbocycles. The van der Waals surface area contributed by atoms with Crippen LogP contribution in [0.3, 0.4) is 0 Å². The van der Waals surface area contributed by atoms with Crippen molar-refractivity contribution < 1.29 is 13.2 Å². The van der Waals surface area contributed by atoms with Crippen LogP contribution in [0, 0.1) is 5.41 Å². The predicted octanol–water partition coefficient (Wildman–Crippen LogP) is 0.540. The monoisotopic (exact) mass is 336 g/mol. The highest BCUT2D eigenvalue weighted by atomic mass is 32.2. The van der Waals surface area contributed by atoms with Crippen LogP contribution in [0.2, 0.25) is 0 Å². The van der Waals surface area contributed by atoms with E-state index in [0.717, 1.165) is 6.26 Å². The maximum atomic E-state index is 11.3. The van der Waals surface area contributed by atoms with Crippen molar-refractivity contribution in [3.05, 3.63) is 0 Å².